The van der Waals surface area contributed by atoms with Crippen LogP contribution in [-0.2, 0) is 23.0 Å². The molecule has 0 saturated carbocycles. The van der Waals surface area contributed by atoms with E-state index in [4.69, 9.17) is 18.9 Å². The third-order valence-corrected chi connectivity index (χ3v) is 12.0. The van der Waals surface area contributed by atoms with Crippen LogP contribution in [0.2, 0.25) is 0 Å². The minimum absolute atomic E-state index is 0.875. The maximum absolute atomic E-state index is 5.37. The second-order valence-electron chi connectivity index (χ2n) is 10.3. The van der Waals surface area contributed by atoms with Crippen LogP contribution in [0.15, 0.2) is 129 Å². The van der Waals surface area contributed by atoms with E-state index in [-0.39, 0.29) is 0 Å². The van der Waals surface area contributed by atoms with Gasteiger partial charge in [-0.15, -0.1) is 47.0 Å². The molecular weight excluding hydrogens is 649 g/mol. The molecule has 0 aliphatic rings. The lowest BCUT2D eigenvalue weighted by molar-refractivity contribution is 0.414. The van der Waals surface area contributed by atoms with Gasteiger partial charge in [0.2, 0.25) is 0 Å². The normalized spacial score (nSPS) is 10.9. The fraction of sp³-hybridized carbons (Fsp3) is 0.211. The molecule has 4 nitrogen and oxygen atoms in total. The Morgan fingerprint density at radius 2 is 0.522 bits per heavy atom. The molecular formula is C38H38O4S4. The van der Waals surface area contributed by atoms with Crippen molar-refractivity contribution in [1.82, 2.24) is 0 Å². The predicted octanol–water partition coefficient (Wildman–Crippen LogP) is 10.9. The van der Waals surface area contributed by atoms with Gasteiger partial charge in [-0.1, -0.05) is 48.5 Å². The molecule has 0 atom stereocenters. The Bertz CT molecular complexity index is 1410. The van der Waals surface area contributed by atoms with E-state index in [1.165, 1.54) is 41.8 Å². The van der Waals surface area contributed by atoms with Crippen LogP contribution in [0.3, 0.4) is 0 Å². The van der Waals surface area contributed by atoms with Crippen molar-refractivity contribution in [2.24, 2.45) is 0 Å². The number of ether oxygens (including phenoxy) is 4. The highest BCUT2D eigenvalue weighted by molar-refractivity contribution is 8.02. The summed E-state index contributed by atoms with van der Waals surface area (Å²) in [6, 6.07) is 38.2. The summed E-state index contributed by atoms with van der Waals surface area (Å²) in [6.45, 7) is 0. The molecule has 0 bridgehead atoms. The molecule has 0 aromatic heterocycles. The van der Waals surface area contributed by atoms with Gasteiger partial charge in [0.1, 0.15) is 23.0 Å². The smallest absolute Gasteiger partial charge is 0.118 e. The van der Waals surface area contributed by atoms with Crippen LogP contribution in [0.25, 0.3) is 0 Å². The Morgan fingerprint density at radius 1 is 0.326 bits per heavy atom. The molecule has 5 aromatic carbocycles. The number of hydrogen-bond donors (Lipinski definition) is 0. The van der Waals surface area contributed by atoms with E-state index < -0.39 is 0 Å². The van der Waals surface area contributed by atoms with Crippen molar-refractivity contribution in [3.8, 4) is 23.0 Å². The summed E-state index contributed by atoms with van der Waals surface area (Å²) in [5.74, 6) is 7.00. The van der Waals surface area contributed by atoms with Gasteiger partial charge in [0.05, 0.1) is 28.4 Å². The third kappa shape index (κ3) is 9.85. The zero-order chi connectivity index (χ0) is 32.1. The minimum Gasteiger partial charge on any atom is -0.497 e. The van der Waals surface area contributed by atoms with Crippen molar-refractivity contribution in [3.05, 3.63) is 131 Å². The number of hydrogen-bond acceptors (Lipinski definition) is 8. The van der Waals surface area contributed by atoms with E-state index in [1.807, 2.05) is 95.6 Å². The average Bonchev–Trinajstić information content (AvgIpc) is 3.12. The summed E-state index contributed by atoms with van der Waals surface area (Å²) < 4.78 is 21.5. The Labute approximate surface area is 290 Å². The van der Waals surface area contributed by atoms with Gasteiger partial charge in [-0.3, -0.25) is 0 Å². The lowest BCUT2D eigenvalue weighted by Gasteiger charge is -2.17. The Morgan fingerprint density at radius 3 is 0.696 bits per heavy atom. The van der Waals surface area contributed by atoms with Crippen molar-refractivity contribution in [2.75, 3.05) is 28.4 Å². The first kappa shape index (κ1) is 34.0. The van der Waals surface area contributed by atoms with E-state index in [2.05, 4.69) is 60.7 Å². The Hall–Kier alpha value is -3.30. The van der Waals surface area contributed by atoms with Crippen molar-refractivity contribution in [2.45, 2.75) is 42.6 Å². The summed E-state index contributed by atoms with van der Waals surface area (Å²) >= 11 is 7.55. The first-order valence-corrected chi connectivity index (χ1v) is 18.7. The highest BCUT2D eigenvalue weighted by atomic mass is 32.2. The van der Waals surface area contributed by atoms with Gasteiger partial charge >= 0.3 is 0 Å². The first-order chi connectivity index (χ1) is 22.6. The van der Waals surface area contributed by atoms with Gasteiger partial charge in [0.25, 0.3) is 0 Å². The maximum Gasteiger partial charge on any atom is 0.118 e. The van der Waals surface area contributed by atoms with Crippen molar-refractivity contribution in [1.29, 1.82) is 0 Å². The Balaban J connectivity index is 1.43. The molecule has 8 heteroatoms. The molecule has 0 aliphatic heterocycles. The average molecular weight is 687 g/mol. The minimum atomic E-state index is 0.875. The maximum atomic E-state index is 5.37. The molecule has 0 saturated heterocycles. The monoisotopic (exact) mass is 686 g/mol. The van der Waals surface area contributed by atoms with Gasteiger partial charge in [-0.2, -0.15) is 0 Å². The van der Waals surface area contributed by atoms with Crippen LogP contribution in [0.4, 0.5) is 0 Å². The van der Waals surface area contributed by atoms with E-state index >= 15 is 0 Å². The van der Waals surface area contributed by atoms with Crippen LogP contribution >= 0.6 is 47.0 Å². The number of rotatable bonds is 16. The van der Waals surface area contributed by atoms with E-state index in [9.17, 15) is 0 Å². The third-order valence-electron chi connectivity index (χ3n) is 7.22. The van der Waals surface area contributed by atoms with Crippen LogP contribution in [0, 0.1) is 0 Å². The summed E-state index contributed by atoms with van der Waals surface area (Å²) in [5.41, 5.74) is 5.06. The second-order valence-corrected chi connectivity index (χ2v) is 14.4. The highest BCUT2D eigenvalue weighted by Crippen LogP contribution is 2.44. The molecule has 5 rings (SSSR count). The van der Waals surface area contributed by atoms with Gasteiger partial charge in [0, 0.05) is 42.6 Å². The van der Waals surface area contributed by atoms with Gasteiger partial charge in [-0.05, 0) is 82.9 Å². The number of methoxy groups -OCH3 is 4. The SMILES string of the molecule is COc1ccc(CSc2cc(SCc3ccc(OC)cc3)c(SCc3ccc(OC)cc3)cc2SCc2ccc(OC)cc2)cc1. The summed E-state index contributed by atoms with van der Waals surface area (Å²) in [7, 11) is 6.82. The summed E-state index contributed by atoms with van der Waals surface area (Å²) in [6.07, 6.45) is 0. The van der Waals surface area contributed by atoms with E-state index in [1.54, 1.807) is 28.4 Å². The number of benzene rings is 5. The second kappa shape index (κ2) is 17.6. The van der Waals surface area contributed by atoms with Crippen molar-refractivity contribution < 1.29 is 18.9 Å². The van der Waals surface area contributed by atoms with Crippen LogP contribution in [0.5, 0.6) is 23.0 Å². The van der Waals surface area contributed by atoms with Gasteiger partial charge in [0.15, 0.2) is 0 Å². The molecule has 0 fully saturated rings. The lowest BCUT2D eigenvalue weighted by atomic mass is 10.2. The van der Waals surface area contributed by atoms with Gasteiger partial charge in [-0.25, -0.2) is 0 Å². The molecule has 0 radical (unpaired) electrons. The molecule has 0 aliphatic carbocycles. The molecule has 5 aromatic rings. The molecule has 0 N–H and O–H groups in total. The molecule has 0 heterocycles. The zero-order valence-electron chi connectivity index (χ0n) is 26.5. The molecule has 0 spiro atoms. The van der Waals surface area contributed by atoms with E-state index in [0.29, 0.717) is 0 Å². The summed E-state index contributed by atoms with van der Waals surface area (Å²) in [4.78, 5) is 5.17. The number of thioether (sulfide) groups is 4. The molecule has 46 heavy (non-hydrogen) atoms. The first-order valence-electron chi connectivity index (χ1n) is 14.8. The van der Waals surface area contributed by atoms with Crippen LogP contribution in [-0.4, -0.2) is 28.4 Å². The van der Waals surface area contributed by atoms with E-state index in [0.717, 1.165) is 46.0 Å². The summed E-state index contributed by atoms with van der Waals surface area (Å²) in [5, 5.41) is 0. The molecule has 238 valence electrons. The zero-order valence-corrected chi connectivity index (χ0v) is 29.8. The fourth-order valence-electron chi connectivity index (χ4n) is 4.51. The van der Waals surface area contributed by atoms with Crippen molar-refractivity contribution in [3.63, 3.8) is 0 Å². The lowest BCUT2D eigenvalue weighted by Crippen LogP contribution is -1.91. The van der Waals surface area contributed by atoms with Crippen LogP contribution < -0.4 is 18.9 Å². The predicted molar refractivity (Wildman–Crippen MR) is 197 cm³/mol. The van der Waals surface area contributed by atoms with Crippen molar-refractivity contribution >= 4 is 47.0 Å². The highest BCUT2D eigenvalue weighted by Gasteiger charge is 2.14. The standard InChI is InChI=1S/C38H38O4S4/c1-39-31-13-5-27(6-14-31)23-43-35-21-37(45-25-29-9-17-33(41-3)18-10-29)38(46-26-30-11-19-34(42-4)20-12-30)22-36(35)44-24-28-7-15-32(40-2)16-8-28/h5-22H,23-26H2,1-4H3. The fourth-order valence-corrected chi connectivity index (χ4v) is 9.03. The van der Waals surface area contributed by atoms with Crippen LogP contribution in [0.1, 0.15) is 22.3 Å². The Kier molecular flexibility index (Phi) is 13.0. The molecule has 0 unspecified atom stereocenters. The topological polar surface area (TPSA) is 36.9 Å². The quantitative estimate of drug-likeness (QED) is 0.0950. The largest absolute Gasteiger partial charge is 0.497 e. The van der Waals surface area contributed by atoms with Gasteiger partial charge < -0.3 is 18.9 Å². The molecule has 0 amide bonds.